The van der Waals surface area contributed by atoms with Gasteiger partial charge in [-0.25, -0.2) is 0 Å². The van der Waals surface area contributed by atoms with Crippen LogP contribution in [0, 0.1) is 0 Å². The quantitative estimate of drug-likeness (QED) is 0.125. The average Bonchev–Trinajstić information content (AvgIpc) is 2.98. The molecule has 0 aliphatic heterocycles. The molecule has 0 aromatic heterocycles. The molecule has 0 unspecified atom stereocenters. The lowest BCUT2D eigenvalue weighted by atomic mass is 9.89. The summed E-state index contributed by atoms with van der Waals surface area (Å²) in [5, 5.41) is 0. The number of ether oxygens (including phenoxy) is 2. The number of benzene rings is 4. The lowest BCUT2D eigenvalue weighted by molar-refractivity contribution is 0.102. The van der Waals surface area contributed by atoms with Gasteiger partial charge in [-0.1, -0.05) is 112 Å². The van der Waals surface area contributed by atoms with Crippen molar-refractivity contribution in [3.8, 4) is 11.5 Å². The highest BCUT2D eigenvalue weighted by Gasteiger charge is 2.23. The first-order valence-corrected chi connectivity index (χ1v) is 13.8. The molecule has 0 bridgehead atoms. The summed E-state index contributed by atoms with van der Waals surface area (Å²) in [5.41, 5.74) is 3.90. The molecule has 0 spiro atoms. The summed E-state index contributed by atoms with van der Waals surface area (Å²) in [5.74, 6) is 0.954. The van der Waals surface area contributed by atoms with Crippen LogP contribution in [0.4, 0.5) is 0 Å². The molecule has 0 fully saturated rings. The Labute approximate surface area is 231 Å². The molecule has 4 aromatic carbocycles. The number of hydrogen-bond donors (Lipinski definition) is 0. The highest BCUT2D eigenvalue weighted by molar-refractivity contribution is 6.13. The third-order valence-electron chi connectivity index (χ3n) is 6.64. The Hall–Kier alpha value is -4.18. The van der Waals surface area contributed by atoms with Gasteiger partial charge in [0.2, 0.25) is 0 Å². The first kappa shape index (κ1) is 27.8. The van der Waals surface area contributed by atoms with Gasteiger partial charge >= 0.3 is 0 Å². The van der Waals surface area contributed by atoms with E-state index in [0.717, 1.165) is 36.8 Å². The van der Waals surface area contributed by atoms with E-state index in [9.17, 15) is 9.59 Å². The zero-order valence-electron chi connectivity index (χ0n) is 22.8. The van der Waals surface area contributed by atoms with E-state index < -0.39 is 0 Å². The summed E-state index contributed by atoms with van der Waals surface area (Å²) in [6, 6.07) is 30.0. The second-order valence-corrected chi connectivity index (χ2v) is 9.55. The van der Waals surface area contributed by atoms with Crippen LogP contribution in [0.2, 0.25) is 0 Å². The van der Waals surface area contributed by atoms with Gasteiger partial charge in [-0.3, -0.25) is 9.59 Å². The average molecular weight is 521 g/mol. The van der Waals surface area contributed by atoms with Crippen LogP contribution in [-0.4, -0.2) is 24.8 Å². The van der Waals surface area contributed by atoms with Crippen LogP contribution in [0.15, 0.2) is 97.1 Å². The predicted molar refractivity (Wildman–Crippen MR) is 156 cm³/mol. The third-order valence-corrected chi connectivity index (χ3v) is 6.64. The minimum Gasteiger partial charge on any atom is -0.493 e. The van der Waals surface area contributed by atoms with E-state index in [1.165, 1.54) is 0 Å². The molecule has 0 heterocycles. The SMILES string of the molecule is CCCCOc1cccc(Cc2cccc(OCCCC)c2C(=O)c2ccccc2)c1C(=O)c1ccccc1. The molecule has 0 N–H and O–H groups in total. The van der Waals surface area contributed by atoms with Gasteiger partial charge in [0, 0.05) is 11.1 Å². The van der Waals surface area contributed by atoms with Crippen molar-refractivity contribution in [3.05, 3.63) is 130 Å². The molecule has 0 radical (unpaired) electrons. The molecular weight excluding hydrogens is 484 g/mol. The fraction of sp³-hybridized carbons (Fsp3) is 0.257. The number of ketones is 2. The zero-order valence-corrected chi connectivity index (χ0v) is 22.8. The van der Waals surface area contributed by atoms with Crippen molar-refractivity contribution in [2.45, 2.75) is 46.0 Å². The van der Waals surface area contributed by atoms with Crippen molar-refractivity contribution < 1.29 is 19.1 Å². The molecule has 4 nitrogen and oxygen atoms in total. The van der Waals surface area contributed by atoms with Crippen molar-refractivity contribution in [2.24, 2.45) is 0 Å². The molecule has 0 amide bonds. The number of carbonyl (C=O) groups is 2. The second-order valence-electron chi connectivity index (χ2n) is 9.55. The molecule has 4 heteroatoms. The molecule has 0 aliphatic rings. The number of hydrogen-bond acceptors (Lipinski definition) is 4. The molecule has 0 saturated carbocycles. The van der Waals surface area contributed by atoms with Gasteiger partial charge in [0.05, 0.1) is 24.3 Å². The maximum atomic E-state index is 13.8. The normalized spacial score (nSPS) is 10.7. The second kappa shape index (κ2) is 14.1. The maximum Gasteiger partial charge on any atom is 0.197 e. The molecule has 200 valence electrons. The van der Waals surface area contributed by atoms with Gasteiger partial charge in [0.25, 0.3) is 0 Å². The predicted octanol–water partition coefficient (Wildman–Crippen LogP) is 8.10. The standard InChI is InChI=1S/C35H36O4/c1-3-5-23-38-30-21-13-19-28(32(30)34(36)26-15-9-7-10-16-26)25-29-20-14-22-31(39-24-6-4-2)33(29)35(37)27-17-11-8-12-18-27/h7-22H,3-6,23-25H2,1-2H3. The molecular formula is C35H36O4. The van der Waals surface area contributed by atoms with Gasteiger partial charge in [-0.2, -0.15) is 0 Å². The van der Waals surface area contributed by atoms with Crippen molar-refractivity contribution in [3.63, 3.8) is 0 Å². The van der Waals surface area contributed by atoms with E-state index >= 15 is 0 Å². The largest absolute Gasteiger partial charge is 0.493 e. The van der Waals surface area contributed by atoms with Gasteiger partial charge in [0.15, 0.2) is 11.6 Å². The molecule has 0 saturated heterocycles. The highest BCUT2D eigenvalue weighted by atomic mass is 16.5. The number of unbranched alkanes of at least 4 members (excludes halogenated alkanes) is 2. The molecule has 4 rings (SSSR count). The Bertz CT molecular complexity index is 1270. The monoisotopic (exact) mass is 520 g/mol. The Kier molecular flexibility index (Phi) is 10.1. The lowest BCUT2D eigenvalue weighted by Gasteiger charge is -2.18. The minimum absolute atomic E-state index is 0.0935. The van der Waals surface area contributed by atoms with Crippen LogP contribution < -0.4 is 9.47 Å². The first-order chi connectivity index (χ1) is 19.1. The summed E-state index contributed by atoms with van der Waals surface area (Å²) >= 11 is 0. The molecule has 39 heavy (non-hydrogen) atoms. The van der Waals surface area contributed by atoms with Crippen LogP contribution in [-0.2, 0) is 6.42 Å². The van der Waals surface area contributed by atoms with Gasteiger partial charge in [-0.05, 0) is 42.5 Å². The topological polar surface area (TPSA) is 52.6 Å². The fourth-order valence-corrected chi connectivity index (χ4v) is 4.53. The molecule has 4 aromatic rings. The Morgan fingerprint density at radius 1 is 0.538 bits per heavy atom. The van der Waals surface area contributed by atoms with Gasteiger partial charge in [0.1, 0.15) is 11.5 Å². The zero-order chi connectivity index (χ0) is 27.5. The van der Waals surface area contributed by atoms with E-state index in [0.29, 0.717) is 53.4 Å². The van der Waals surface area contributed by atoms with Crippen LogP contribution >= 0.6 is 0 Å². The van der Waals surface area contributed by atoms with E-state index in [1.807, 2.05) is 97.1 Å². The minimum atomic E-state index is -0.0935. The van der Waals surface area contributed by atoms with Crippen LogP contribution in [0.5, 0.6) is 11.5 Å². The van der Waals surface area contributed by atoms with E-state index in [-0.39, 0.29) is 11.6 Å². The van der Waals surface area contributed by atoms with Crippen LogP contribution in [0.1, 0.15) is 82.5 Å². The van der Waals surface area contributed by atoms with Gasteiger partial charge < -0.3 is 9.47 Å². The summed E-state index contributed by atoms with van der Waals surface area (Å²) in [7, 11) is 0. The summed E-state index contributed by atoms with van der Waals surface area (Å²) in [4.78, 5) is 27.6. The summed E-state index contributed by atoms with van der Waals surface area (Å²) < 4.78 is 12.2. The Balaban J connectivity index is 1.80. The van der Waals surface area contributed by atoms with E-state index in [1.54, 1.807) is 0 Å². The fourth-order valence-electron chi connectivity index (χ4n) is 4.53. The lowest BCUT2D eigenvalue weighted by Crippen LogP contribution is -2.13. The number of carbonyl (C=O) groups excluding carboxylic acids is 2. The molecule has 0 atom stereocenters. The van der Waals surface area contributed by atoms with Crippen LogP contribution in [0.25, 0.3) is 0 Å². The Morgan fingerprint density at radius 2 is 0.949 bits per heavy atom. The smallest absolute Gasteiger partial charge is 0.197 e. The third kappa shape index (κ3) is 7.02. The van der Waals surface area contributed by atoms with E-state index in [2.05, 4.69) is 13.8 Å². The van der Waals surface area contributed by atoms with Crippen LogP contribution in [0.3, 0.4) is 0 Å². The van der Waals surface area contributed by atoms with E-state index in [4.69, 9.17) is 9.47 Å². The van der Waals surface area contributed by atoms with Crippen molar-refractivity contribution in [1.82, 2.24) is 0 Å². The van der Waals surface area contributed by atoms with Crippen molar-refractivity contribution in [2.75, 3.05) is 13.2 Å². The number of rotatable bonds is 14. The summed E-state index contributed by atoms with van der Waals surface area (Å²) in [6.45, 7) is 5.29. The molecule has 0 aliphatic carbocycles. The van der Waals surface area contributed by atoms with Crippen molar-refractivity contribution in [1.29, 1.82) is 0 Å². The Morgan fingerprint density at radius 3 is 1.33 bits per heavy atom. The van der Waals surface area contributed by atoms with Gasteiger partial charge in [-0.15, -0.1) is 0 Å². The summed E-state index contributed by atoms with van der Waals surface area (Å²) in [6.07, 6.45) is 4.18. The van der Waals surface area contributed by atoms with Crippen molar-refractivity contribution >= 4 is 11.6 Å². The maximum absolute atomic E-state index is 13.8. The highest BCUT2D eigenvalue weighted by Crippen LogP contribution is 2.32. The first-order valence-electron chi connectivity index (χ1n) is 13.8.